The zero-order valence-corrected chi connectivity index (χ0v) is 22.6. The summed E-state index contributed by atoms with van der Waals surface area (Å²) in [6.45, 7) is 2.91. The van der Waals surface area contributed by atoms with Crippen LogP contribution < -0.4 is 20.5 Å². The standard InChI is InChI=1S/C27H31ClN4O7/c1-3-4-9-24(34)29-30-25(35)16-31-15-19-7-5-6-8-23(19)32(17-26(31)36)27(37)21-11-10-20(14-22(21)28)39-13-12-38-18(2)33/h5-8,10-11,14H,3-4,9,12-13,15-17H2,1-2H3,(H,29,34)(H,30,35). The van der Waals surface area contributed by atoms with Crippen molar-refractivity contribution < 1.29 is 33.4 Å². The van der Waals surface area contributed by atoms with Gasteiger partial charge in [0.2, 0.25) is 11.8 Å². The highest BCUT2D eigenvalue weighted by atomic mass is 35.5. The fraction of sp³-hybridized carbons (Fsp3) is 0.370. The second-order valence-electron chi connectivity index (χ2n) is 8.80. The largest absolute Gasteiger partial charge is 0.490 e. The quantitative estimate of drug-likeness (QED) is 0.260. The Balaban J connectivity index is 1.71. The van der Waals surface area contributed by atoms with Crippen molar-refractivity contribution in [3.63, 3.8) is 0 Å². The van der Waals surface area contributed by atoms with Crippen LogP contribution in [0.25, 0.3) is 0 Å². The van der Waals surface area contributed by atoms with E-state index in [0.29, 0.717) is 23.4 Å². The number of carbonyl (C=O) groups excluding carboxylic acids is 5. The van der Waals surface area contributed by atoms with Gasteiger partial charge >= 0.3 is 5.97 Å². The first kappa shape index (κ1) is 29.4. The molecule has 0 spiro atoms. The Morgan fingerprint density at radius 1 is 1.00 bits per heavy atom. The van der Waals surface area contributed by atoms with Gasteiger partial charge in [-0.3, -0.25) is 39.7 Å². The molecule has 11 nitrogen and oxygen atoms in total. The molecule has 0 fully saturated rings. The molecule has 0 unspecified atom stereocenters. The van der Waals surface area contributed by atoms with Crippen molar-refractivity contribution in [3.8, 4) is 5.75 Å². The van der Waals surface area contributed by atoms with E-state index in [-0.39, 0.29) is 55.8 Å². The summed E-state index contributed by atoms with van der Waals surface area (Å²) >= 11 is 6.40. The van der Waals surface area contributed by atoms with Crippen molar-refractivity contribution in [1.29, 1.82) is 0 Å². The number of carbonyl (C=O) groups is 5. The van der Waals surface area contributed by atoms with Crippen LogP contribution in [-0.2, 0) is 30.5 Å². The van der Waals surface area contributed by atoms with Gasteiger partial charge < -0.3 is 14.4 Å². The van der Waals surface area contributed by atoms with Gasteiger partial charge in [-0.1, -0.05) is 43.1 Å². The van der Waals surface area contributed by atoms with E-state index in [4.69, 9.17) is 21.1 Å². The van der Waals surface area contributed by atoms with Crippen molar-refractivity contribution in [1.82, 2.24) is 15.8 Å². The fourth-order valence-corrected chi connectivity index (χ4v) is 4.10. The number of hydrazine groups is 1. The van der Waals surface area contributed by atoms with Gasteiger partial charge in [0.1, 0.15) is 32.1 Å². The van der Waals surface area contributed by atoms with Gasteiger partial charge in [0.25, 0.3) is 11.8 Å². The number of hydrogen-bond acceptors (Lipinski definition) is 7. The van der Waals surface area contributed by atoms with Gasteiger partial charge in [-0.15, -0.1) is 0 Å². The topological polar surface area (TPSA) is 134 Å². The van der Waals surface area contributed by atoms with E-state index < -0.39 is 23.7 Å². The maximum absolute atomic E-state index is 13.6. The Morgan fingerprint density at radius 2 is 1.74 bits per heavy atom. The number of halogens is 1. The number of benzene rings is 2. The molecule has 2 N–H and O–H groups in total. The number of unbranched alkanes of at least 4 members (excludes halogenated alkanes) is 1. The highest BCUT2D eigenvalue weighted by Crippen LogP contribution is 2.30. The number of hydrogen-bond donors (Lipinski definition) is 2. The number of nitrogens with one attached hydrogen (secondary N) is 2. The number of rotatable bonds is 10. The van der Waals surface area contributed by atoms with Crippen molar-refractivity contribution >= 4 is 46.9 Å². The van der Waals surface area contributed by atoms with E-state index in [0.717, 1.165) is 6.42 Å². The molecule has 2 aromatic carbocycles. The van der Waals surface area contributed by atoms with E-state index in [9.17, 15) is 24.0 Å². The lowest BCUT2D eigenvalue weighted by atomic mass is 10.1. The number of nitrogens with zero attached hydrogens (tertiary/aromatic N) is 2. The van der Waals surface area contributed by atoms with Crippen molar-refractivity contribution in [2.75, 3.05) is 31.2 Å². The predicted octanol–water partition coefficient (Wildman–Crippen LogP) is 2.61. The molecule has 1 aliphatic rings. The van der Waals surface area contributed by atoms with Crippen LogP contribution in [0.1, 0.15) is 49.0 Å². The van der Waals surface area contributed by atoms with Crippen LogP contribution in [0.5, 0.6) is 5.75 Å². The van der Waals surface area contributed by atoms with E-state index in [1.807, 2.05) is 6.92 Å². The molecule has 0 aromatic heterocycles. The van der Waals surface area contributed by atoms with Crippen molar-refractivity contribution in [3.05, 3.63) is 58.6 Å². The molecule has 4 amide bonds. The van der Waals surface area contributed by atoms with Crippen LogP contribution >= 0.6 is 11.6 Å². The Morgan fingerprint density at radius 3 is 2.46 bits per heavy atom. The molecule has 2 aromatic rings. The van der Waals surface area contributed by atoms with E-state index in [1.165, 1.54) is 28.9 Å². The van der Waals surface area contributed by atoms with Crippen LogP contribution in [0.15, 0.2) is 42.5 Å². The summed E-state index contributed by atoms with van der Waals surface area (Å²) in [5.41, 5.74) is 6.02. The second-order valence-corrected chi connectivity index (χ2v) is 9.21. The molecular weight excluding hydrogens is 528 g/mol. The summed E-state index contributed by atoms with van der Waals surface area (Å²) in [6.07, 6.45) is 1.83. The molecule has 0 radical (unpaired) electrons. The van der Waals surface area contributed by atoms with Gasteiger partial charge in [0.05, 0.1) is 10.6 Å². The van der Waals surface area contributed by atoms with Crippen molar-refractivity contribution in [2.45, 2.75) is 39.7 Å². The molecule has 0 aliphatic carbocycles. The van der Waals surface area contributed by atoms with Crippen LogP contribution in [0, 0.1) is 0 Å². The van der Waals surface area contributed by atoms with Gasteiger partial charge in [0.15, 0.2) is 0 Å². The number of anilines is 1. The predicted molar refractivity (Wildman–Crippen MR) is 143 cm³/mol. The van der Waals surface area contributed by atoms with Crippen LogP contribution in [0.3, 0.4) is 0 Å². The van der Waals surface area contributed by atoms with Gasteiger partial charge in [0, 0.05) is 25.6 Å². The Bertz CT molecular complexity index is 1240. The summed E-state index contributed by atoms with van der Waals surface area (Å²) in [7, 11) is 0. The van der Waals surface area contributed by atoms with E-state index >= 15 is 0 Å². The zero-order valence-electron chi connectivity index (χ0n) is 21.8. The smallest absolute Gasteiger partial charge is 0.302 e. The normalized spacial score (nSPS) is 12.7. The molecule has 0 atom stereocenters. The zero-order chi connectivity index (χ0) is 28.4. The van der Waals surface area contributed by atoms with Crippen LogP contribution in [-0.4, -0.2) is 60.8 Å². The third-order valence-corrected chi connectivity index (χ3v) is 6.11. The Hall–Kier alpha value is -4.12. The molecule has 12 heteroatoms. The molecule has 0 bridgehead atoms. The summed E-state index contributed by atoms with van der Waals surface area (Å²) in [5.74, 6) is -1.85. The molecular formula is C27H31ClN4O7. The minimum absolute atomic E-state index is 0.0695. The summed E-state index contributed by atoms with van der Waals surface area (Å²) < 4.78 is 10.3. The number of para-hydroxylation sites is 1. The van der Waals surface area contributed by atoms with Crippen LogP contribution in [0.4, 0.5) is 5.69 Å². The highest BCUT2D eigenvalue weighted by Gasteiger charge is 2.31. The first-order valence-corrected chi connectivity index (χ1v) is 12.9. The molecule has 3 rings (SSSR count). The third-order valence-electron chi connectivity index (χ3n) is 5.80. The fourth-order valence-electron chi connectivity index (χ4n) is 3.85. The van der Waals surface area contributed by atoms with Crippen LogP contribution in [0.2, 0.25) is 5.02 Å². The minimum atomic E-state index is -0.558. The first-order valence-electron chi connectivity index (χ1n) is 12.5. The molecule has 1 aliphatic heterocycles. The molecule has 1 heterocycles. The summed E-state index contributed by atoms with van der Waals surface area (Å²) in [5, 5.41) is 0.120. The number of amides is 4. The lowest BCUT2D eigenvalue weighted by molar-refractivity contribution is -0.141. The lowest BCUT2D eigenvalue weighted by Crippen LogP contribution is -2.48. The molecule has 208 valence electrons. The lowest BCUT2D eigenvalue weighted by Gasteiger charge is -2.23. The number of ether oxygens (including phenoxy) is 2. The Labute approximate surface area is 231 Å². The molecule has 39 heavy (non-hydrogen) atoms. The SMILES string of the molecule is CCCCC(=O)NNC(=O)CN1Cc2ccccc2N(C(=O)c2ccc(OCCOC(C)=O)cc2Cl)CC1=O. The van der Waals surface area contributed by atoms with Gasteiger partial charge in [-0.25, -0.2) is 0 Å². The Kier molecular flexibility index (Phi) is 10.7. The van der Waals surface area contributed by atoms with Gasteiger partial charge in [-0.2, -0.15) is 0 Å². The maximum atomic E-state index is 13.6. The highest BCUT2D eigenvalue weighted by molar-refractivity contribution is 6.34. The van der Waals surface area contributed by atoms with E-state index in [2.05, 4.69) is 10.9 Å². The number of esters is 1. The minimum Gasteiger partial charge on any atom is -0.490 e. The number of fused-ring (bicyclic) bond motifs is 1. The van der Waals surface area contributed by atoms with Gasteiger partial charge in [-0.05, 0) is 36.2 Å². The average Bonchev–Trinajstić information content (AvgIpc) is 3.04. The molecule has 0 saturated heterocycles. The average molecular weight is 559 g/mol. The van der Waals surface area contributed by atoms with Crippen molar-refractivity contribution in [2.24, 2.45) is 0 Å². The second kappa shape index (κ2) is 14.1. The monoisotopic (exact) mass is 558 g/mol. The summed E-state index contributed by atoms with van der Waals surface area (Å²) in [4.78, 5) is 64.5. The van der Waals surface area contributed by atoms with E-state index in [1.54, 1.807) is 30.3 Å². The molecule has 0 saturated carbocycles. The third kappa shape index (κ3) is 8.44. The maximum Gasteiger partial charge on any atom is 0.302 e. The first-order chi connectivity index (χ1) is 18.7. The summed E-state index contributed by atoms with van der Waals surface area (Å²) in [6, 6.07) is 11.5.